The second-order valence-electron chi connectivity index (χ2n) is 8.07. The fraction of sp³-hybridized carbons (Fsp3) is 0.700. The highest BCUT2D eigenvalue weighted by Crippen LogP contribution is 2.20. The van der Waals surface area contributed by atoms with Crippen LogP contribution in [-0.2, 0) is 16.1 Å². The maximum atomic E-state index is 12.5. The zero-order chi connectivity index (χ0) is 20.7. The highest BCUT2D eigenvalue weighted by Gasteiger charge is 2.37. The van der Waals surface area contributed by atoms with Gasteiger partial charge in [0.2, 0.25) is 0 Å². The predicted octanol–water partition coefficient (Wildman–Crippen LogP) is 3.23. The molecule has 8 nitrogen and oxygen atoms in total. The molecule has 1 aliphatic rings. The van der Waals surface area contributed by atoms with E-state index in [1.54, 1.807) is 16.1 Å². The lowest BCUT2D eigenvalue weighted by atomic mass is 10.1. The Kier molecular flexibility index (Phi) is 7.74. The third kappa shape index (κ3) is 6.44. The molecule has 2 rings (SSSR count). The molecule has 0 saturated carbocycles. The Morgan fingerprint density at radius 3 is 2.54 bits per heavy atom. The number of piperazine rings is 1. The number of rotatable bonds is 6. The van der Waals surface area contributed by atoms with Gasteiger partial charge in [-0.3, -0.25) is 0 Å². The molecule has 0 radical (unpaired) electrons. The number of nitrogens with one attached hydrogen (secondary N) is 1. The number of furan rings is 1. The minimum atomic E-state index is -0.534. The minimum absolute atomic E-state index is 0.100. The van der Waals surface area contributed by atoms with Crippen LogP contribution >= 0.6 is 0 Å². The third-order valence-electron chi connectivity index (χ3n) is 4.72. The quantitative estimate of drug-likeness (QED) is 0.748. The lowest BCUT2D eigenvalue weighted by molar-refractivity contribution is -0.00547. The Balaban J connectivity index is 1.70. The Morgan fingerprint density at radius 2 is 1.89 bits per heavy atom. The van der Waals surface area contributed by atoms with Crippen LogP contribution in [0.5, 0.6) is 0 Å². The second-order valence-corrected chi connectivity index (χ2v) is 8.07. The zero-order valence-electron chi connectivity index (χ0n) is 17.6. The van der Waals surface area contributed by atoms with Gasteiger partial charge in [0.05, 0.1) is 18.3 Å². The molecule has 0 aromatic carbocycles. The van der Waals surface area contributed by atoms with E-state index >= 15 is 0 Å². The van der Waals surface area contributed by atoms with Crippen LogP contribution in [0.15, 0.2) is 22.8 Å². The third-order valence-corrected chi connectivity index (χ3v) is 4.72. The van der Waals surface area contributed by atoms with Gasteiger partial charge in [-0.15, -0.1) is 0 Å². The van der Waals surface area contributed by atoms with E-state index in [1.165, 1.54) is 0 Å². The molecular weight excluding hydrogens is 362 g/mol. The summed E-state index contributed by atoms with van der Waals surface area (Å²) in [6.45, 7) is 11.9. The first kappa shape index (κ1) is 22.1. The highest BCUT2D eigenvalue weighted by atomic mass is 16.6. The summed E-state index contributed by atoms with van der Waals surface area (Å²) in [5, 5.41) is 2.93. The topological polar surface area (TPSA) is 84.3 Å². The molecule has 0 aliphatic carbocycles. The van der Waals surface area contributed by atoms with Crippen LogP contribution in [-0.4, -0.2) is 65.9 Å². The summed E-state index contributed by atoms with van der Waals surface area (Å²) >= 11 is 0. The number of urea groups is 1. The van der Waals surface area contributed by atoms with Crippen molar-refractivity contribution in [2.24, 2.45) is 0 Å². The van der Waals surface area contributed by atoms with Gasteiger partial charge in [0.15, 0.2) is 0 Å². The van der Waals surface area contributed by atoms with Crippen LogP contribution in [0, 0.1) is 0 Å². The van der Waals surface area contributed by atoms with E-state index in [4.69, 9.17) is 13.9 Å². The van der Waals surface area contributed by atoms with E-state index in [9.17, 15) is 9.59 Å². The van der Waals surface area contributed by atoms with Crippen molar-refractivity contribution in [3.63, 3.8) is 0 Å². The molecule has 3 amide bonds. The van der Waals surface area contributed by atoms with Crippen molar-refractivity contribution in [3.05, 3.63) is 24.2 Å². The first-order valence-electron chi connectivity index (χ1n) is 9.83. The summed E-state index contributed by atoms with van der Waals surface area (Å²) in [6, 6.07) is 3.35. The van der Waals surface area contributed by atoms with Gasteiger partial charge in [-0.2, -0.15) is 0 Å². The normalized spacial score (nSPS) is 20.2. The van der Waals surface area contributed by atoms with Crippen LogP contribution < -0.4 is 5.32 Å². The van der Waals surface area contributed by atoms with Crippen LogP contribution in [0.2, 0.25) is 0 Å². The smallest absolute Gasteiger partial charge is 0.410 e. The lowest BCUT2D eigenvalue weighted by Crippen LogP contribution is -2.62. The van der Waals surface area contributed by atoms with E-state index in [1.807, 2.05) is 46.8 Å². The minimum Gasteiger partial charge on any atom is -0.467 e. The second kappa shape index (κ2) is 9.82. The largest absolute Gasteiger partial charge is 0.467 e. The molecule has 1 saturated heterocycles. The van der Waals surface area contributed by atoms with E-state index in [0.29, 0.717) is 39.3 Å². The molecule has 0 spiro atoms. The molecule has 8 heteroatoms. The van der Waals surface area contributed by atoms with Gasteiger partial charge in [-0.25, -0.2) is 9.59 Å². The Labute approximate surface area is 167 Å². The summed E-state index contributed by atoms with van der Waals surface area (Å²) in [7, 11) is 0. The van der Waals surface area contributed by atoms with Crippen LogP contribution in [0.3, 0.4) is 0 Å². The van der Waals surface area contributed by atoms with Crippen molar-refractivity contribution in [3.8, 4) is 0 Å². The van der Waals surface area contributed by atoms with E-state index in [2.05, 4.69) is 5.32 Å². The Bertz CT molecular complexity index is 626. The molecule has 0 bridgehead atoms. The average Bonchev–Trinajstić information content (AvgIpc) is 3.11. The predicted molar refractivity (Wildman–Crippen MR) is 105 cm³/mol. The maximum Gasteiger partial charge on any atom is 0.410 e. The summed E-state index contributed by atoms with van der Waals surface area (Å²) in [4.78, 5) is 28.3. The monoisotopic (exact) mass is 395 g/mol. The number of nitrogens with zero attached hydrogens (tertiary/aromatic N) is 2. The van der Waals surface area contributed by atoms with Gasteiger partial charge in [0.25, 0.3) is 0 Å². The molecule has 28 heavy (non-hydrogen) atoms. The maximum absolute atomic E-state index is 12.5. The molecule has 2 atom stereocenters. The fourth-order valence-electron chi connectivity index (χ4n) is 3.05. The van der Waals surface area contributed by atoms with Gasteiger partial charge in [-0.05, 0) is 53.2 Å². The Hall–Kier alpha value is -2.22. The summed E-state index contributed by atoms with van der Waals surface area (Å²) in [5.41, 5.74) is -0.534. The number of hydrogen-bond acceptors (Lipinski definition) is 5. The van der Waals surface area contributed by atoms with Gasteiger partial charge in [0.1, 0.15) is 18.0 Å². The number of ether oxygens (including phenoxy) is 2. The first-order valence-corrected chi connectivity index (χ1v) is 9.83. The number of carbonyl (C=O) groups is 2. The summed E-state index contributed by atoms with van der Waals surface area (Å²) in [6.07, 6.45) is 2.00. The standard InChI is InChI=1S/C20H33N3O5/c1-15-16(2)23(19(25)28-20(3,4)5)11-10-22(15)18(24)21-9-7-12-26-14-17-8-6-13-27-17/h6,8,13,15-16H,7,9-12,14H2,1-5H3,(H,21,24)/t15-,16+/m0/s1. The summed E-state index contributed by atoms with van der Waals surface area (Å²) in [5.74, 6) is 0.787. The van der Waals surface area contributed by atoms with Crippen molar-refractivity contribution < 1.29 is 23.5 Å². The fourth-order valence-corrected chi connectivity index (χ4v) is 3.05. The van der Waals surface area contributed by atoms with E-state index in [-0.39, 0.29) is 24.2 Å². The molecule has 1 aliphatic heterocycles. The first-order chi connectivity index (χ1) is 13.2. The molecule has 1 aromatic heterocycles. The molecule has 0 unspecified atom stereocenters. The SMILES string of the molecule is C[C@@H]1[C@H](C)N(C(=O)NCCCOCc2ccco2)CCN1C(=O)OC(C)(C)C. The number of hydrogen-bond donors (Lipinski definition) is 1. The molecule has 2 heterocycles. The highest BCUT2D eigenvalue weighted by molar-refractivity contribution is 5.75. The molecule has 158 valence electrons. The lowest BCUT2D eigenvalue weighted by Gasteiger charge is -2.44. The van der Waals surface area contributed by atoms with Crippen LogP contribution in [0.25, 0.3) is 0 Å². The van der Waals surface area contributed by atoms with Gasteiger partial charge in [0, 0.05) is 26.2 Å². The van der Waals surface area contributed by atoms with Gasteiger partial charge < -0.3 is 29.0 Å². The Morgan fingerprint density at radius 1 is 1.21 bits per heavy atom. The van der Waals surface area contributed by atoms with Crippen molar-refractivity contribution in [2.75, 3.05) is 26.2 Å². The van der Waals surface area contributed by atoms with Crippen molar-refractivity contribution in [2.45, 2.75) is 65.3 Å². The molecule has 1 N–H and O–H groups in total. The van der Waals surface area contributed by atoms with Gasteiger partial charge in [-0.1, -0.05) is 0 Å². The summed E-state index contributed by atoms with van der Waals surface area (Å²) < 4.78 is 16.2. The van der Waals surface area contributed by atoms with Crippen LogP contribution in [0.1, 0.15) is 46.8 Å². The molecular formula is C20H33N3O5. The molecule has 1 aromatic rings. The molecule has 1 fully saturated rings. The van der Waals surface area contributed by atoms with E-state index in [0.717, 1.165) is 5.76 Å². The van der Waals surface area contributed by atoms with Gasteiger partial charge >= 0.3 is 12.1 Å². The van der Waals surface area contributed by atoms with Crippen molar-refractivity contribution in [1.29, 1.82) is 0 Å². The number of carbonyl (C=O) groups excluding carboxylic acids is 2. The van der Waals surface area contributed by atoms with Crippen LogP contribution in [0.4, 0.5) is 9.59 Å². The zero-order valence-corrected chi connectivity index (χ0v) is 17.6. The van der Waals surface area contributed by atoms with Crippen molar-refractivity contribution in [1.82, 2.24) is 15.1 Å². The van der Waals surface area contributed by atoms with E-state index < -0.39 is 5.60 Å². The number of amides is 3. The van der Waals surface area contributed by atoms with Crippen molar-refractivity contribution >= 4 is 12.1 Å². The average molecular weight is 396 g/mol.